The highest BCUT2D eigenvalue weighted by atomic mass is 16.5. The molecule has 29 heavy (non-hydrogen) atoms. The summed E-state index contributed by atoms with van der Waals surface area (Å²) in [6, 6.07) is 12.8. The largest absolute Gasteiger partial charge is 0.491 e. The van der Waals surface area contributed by atoms with Crippen molar-refractivity contribution in [3.63, 3.8) is 0 Å². The van der Waals surface area contributed by atoms with Gasteiger partial charge in [0.1, 0.15) is 24.7 Å². The van der Waals surface area contributed by atoms with E-state index < -0.39 is 0 Å². The van der Waals surface area contributed by atoms with Crippen LogP contribution < -0.4 is 9.47 Å². The molecule has 2 aromatic carbocycles. The quantitative estimate of drug-likeness (QED) is 0.543. The van der Waals surface area contributed by atoms with Crippen LogP contribution in [0.15, 0.2) is 36.4 Å². The SMILES string of the molecule is CCC(c1ccc(OCCO)c(C(C)C)c1)c1ccc(OCCO)c(C(C)C)c1. The first-order valence-corrected chi connectivity index (χ1v) is 10.7. The molecule has 0 aliphatic heterocycles. The average Bonchev–Trinajstić information content (AvgIpc) is 2.71. The summed E-state index contributed by atoms with van der Waals surface area (Å²) in [5.74, 6) is 2.65. The summed E-state index contributed by atoms with van der Waals surface area (Å²) in [6.07, 6.45) is 0.989. The van der Waals surface area contributed by atoms with Crippen LogP contribution in [0.4, 0.5) is 0 Å². The van der Waals surface area contributed by atoms with Crippen molar-refractivity contribution in [3.05, 3.63) is 58.7 Å². The summed E-state index contributed by atoms with van der Waals surface area (Å²) in [7, 11) is 0. The Bertz CT molecular complexity index is 704. The molecular weight excluding hydrogens is 364 g/mol. The summed E-state index contributed by atoms with van der Waals surface area (Å²) in [5, 5.41) is 18.2. The lowest BCUT2D eigenvalue weighted by Crippen LogP contribution is -2.08. The minimum Gasteiger partial charge on any atom is -0.491 e. The van der Waals surface area contributed by atoms with Crippen LogP contribution in [0.5, 0.6) is 11.5 Å². The summed E-state index contributed by atoms with van der Waals surface area (Å²) >= 11 is 0. The minimum atomic E-state index is 0.0134. The van der Waals surface area contributed by atoms with E-state index in [0.717, 1.165) is 17.9 Å². The average molecular weight is 401 g/mol. The fourth-order valence-electron chi connectivity index (χ4n) is 3.71. The van der Waals surface area contributed by atoms with Crippen LogP contribution in [0, 0.1) is 0 Å². The van der Waals surface area contributed by atoms with Crippen LogP contribution in [0.3, 0.4) is 0 Å². The summed E-state index contributed by atoms with van der Waals surface area (Å²) in [6.45, 7) is 11.5. The van der Waals surface area contributed by atoms with Gasteiger partial charge in [-0.25, -0.2) is 0 Å². The predicted octanol–water partition coefficient (Wildman–Crippen LogP) is 5.22. The molecule has 0 radical (unpaired) electrons. The van der Waals surface area contributed by atoms with Crippen LogP contribution >= 0.6 is 0 Å². The Morgan fingerprint density at radius 3 is 1.45 bits per heavy atom. The van der Waals surface area contributed by atoms with Crippen molar-refractivity contribution in [2.75, 3.05) is 26.4 Å². The number of aliphatic hydroxyl groups is 2. The van der Waals surface area contributed by atoms with Gasteiger partial charge in [0.15, 0.2) is 0 Å². The summed E-state index contributed by atoms with van der Waals surface area (Å²) in [5.41, 5.74) is 4.88. The maximum absolute atomic E-state index is 9.08. The van der Waals surface area contributed by atoms with Crippen LogP contribution in [0.1, 0.15) is 81.0 Å². The first-order chi connectivity index (χ1) is 13.9. The van der Waals surface area contributed by atoms with E-state index in [4.69, 9.17) is 19.7 Å². The Labute approximate surface area is 175 Å². The molecular formula is C25H36O4. The van der Waals surface area contributed by atoms with Gasteiger partial charge in [0.2, 0.25) is 0 Å². The van der Waals surface area contributed by atoms with E-state index in [1.807, 2.05) is 12.1 Å². The van der Waals surface area contributed by atoms with Gasteiger partial charge < -0.3 is 19.7 Å². The normalized spacial score (nSPS) is 11.5. The van der Waals surface area contributed by atoms with Crippen molar-refractivity contribution in [2.45, 2.75) is 58.8 Å². The molecule has 0 aliphatic carbocycles. The van der Waals surface area contributed by atoms with Gasteiger partial charge in [-0.1, -0.05) is 58.9 Å². The molecule has 0 bridgehead atoms. The second-order valence-electron chi connectivity index (χ2n) is 8.01. The lowest BCUT2D eigenvalue weighted by Gasteiger charge is -2.22. The number of hydrogen-bond donors (Lipinski definition) is 2. The molecule has 0 heterocycles. The lowest BCUT2D eigenvalue weighted by molar-refractivity contribution is 0.200. The van der Waals surface area contributed by atoms with Gasteiger partial charge in [-0.2, -0.15) is 0 Å². The number of aliphatic hydroxyl groups excluding tert-OH is 2. The first-order valence-electron chi connectivity index (χ1n) is 10.7. The van der Waals surface area contributed by atoms with E-state index in [1.54, 1.807) is 0 Å². The minimum absolute atomic E-state index is 0.0134. The third-order valence-corrected chi connectivity index (χ3v) is 5.22. The fraction of sp³-hybridized carbons (Fsp3) is 0.520. The van der Waals surface area contributed by atoms with Gasteiger partial charge >= 0.3 is 0 Å². The molecule has 0 saturated heterocycles. The highest BCUT2D eigenvalue weighted by Crippen LogP contribution is 2.37. The lowest BCUT2D eigenvalue weighted by atomic mass is 9.85. The Morgan fingerprint density at radius 1 is 0.724 bits per heavy atom. The molecule has 4 nitrogen and oxygen atoms in total. The standard InChI is InChI=1S/C25H36O4/c1-6-21(19-7-9-24(28-13-11-26)22(15-19)17(2)3)20-8-10-25(29-14-12-27)23(16-20)18(4)5/h7-10,15-18,21,26-27H,6,11-14H2,1-5H3. The summed E-state index contributed by atoms with van der Waals surface area (Å²) in [4.78, 5) is 0. The van der Waals surface area contributed by atoms with Crippen LogP contribution in [0.2, 0.25) is 0 Å². The zero-order valence-electron chi connectivity index (χ0n) is 18.4. The third kappa shape index (κ3) is 5.97. The van der Waals surface area contributed by atoms with Gasteiger partial charge in [0.25, 0.3) is 0 Å². The maximum Gasteiger partial charge on any atom is 0.122 e. The molecule has 0 aliphatic rings. The second kappa shape index (κ2) is 11.2. The highest BCUT2D eigenvalue weighted by Gasteiger charge is 2.18. The third-order valence-electron chi connectivity index (χ3n) is 5.22. The van der Waals surface area contributed by atoms with Crippen LogP contribution in [-0.2, 0) is 0 Å². The number of hydrogen-bond acceptors (Lipinski definition) is 4. The van der Waals surface area contributed by atoms with Gasteiger partial charge in [0.05, 0.1) is 13.2 Å². The molecule has 2 aromatic rings. The van der Waals surface area contributed by atoms with Crippen molar-refractivity contribution in [2.24, 2.45) is 0 Å². The van der Waals surface area contributed by atoms with Crippen molar-refractivity contribution >= 4 is 0 Å². The highest BCUT2D eigenvalue weighted by molar-refractivity contribution is 5.46. The Hall–Kier alpha value is -2.04. The molecule has 0 fully saturated rings. The first kappa shape index (κ1) is 23.2. The number of benzene rings is 2. The van der Waals surface area contributed by atoms with Crippen molar-refractivity contribution in [1.29, 1.82) is 0 Å². The molecule has 0 unspecified atom stereocenters. The van der Waals surface area contributed by atoms with Gasteiger partial charge in [-0.15, -0.1) is 0 Å². The van der Waals surface area contributed by atoms with Gasteiger partial charge in [0, 0.05) is 5.92 Å². The van der Waals surface area contributed by atoms with E-state index in [9.17, 15) is 0 Å². The van der Waals surface area contributed by atoms with Crippen LogP contribution in [-0.4, -0.2) is 36.6 Å². The molecule has 0 atom stereocenters. The van der Waals surface area contributed by atoms with Crippen molar-refractivity contribution in [3.8, 4) is 11.5 Å². The maximum atomic E-state index is 9.08. The van der Waals surface area contributed by atoms with E-state index in [-0.39, 0.29) is 19.1 Å². The second-order valence-corrected chi connectivity index (χ2v) is 8.01. The number of ether oxygens (including phenoxy) is 2. The van der Waals surface area contributed by atoms with Crippen molar-refractivity contribution < 1.29 is 19.7 Å². The molecule has 4 heteroatoms. The van der Waals surface area contributed by atoms with Crippen molar-refractivity contribution in [1.82, 2.24) is 0 Å². The topological polar surface area (TPSA) is 58.9 Å². The molecule has 2 N–H and O–H groups in total. The van der Waals surface area contributed by atoms with Crippen LogP contribution in [0.25, 0.3) is 0 Å². The predicted molar refractivity (Wildman–Crippen MR) is 118 cm³/mol. The molecule has 0 aromatic heterocycles. The van der Waals surface area contributed by atoms with Gasteiger partial charge in [-0.3, -0.25) is 0 Å². The molecule has 0 spiro atoms. The van der Waals surface area contributed by atoms with E-state index in [0.29, 0.717) is 25.0 Å². The smallest absolute Gasteiger partial charge is 0.122 e. The van der Waals surface area contributed by atoms with E-state index >= 15 is 0 Å². The van der Waals surface area contributed by atoms with E-state index in [1.165, 1.54) is 22.3 Å². The Balaban J connectivity index is 2.42. The Morgan fingerprint density at radius 2 is 1.14 bits per heavy atom. The molecule has 160 valence electrons. The molecule has 2 rings (SSSR count). The molecule has 0 amide bonds. The fourth-order valence-corrected chi connectivity index (χ4v) is 3.71. The zero-order valence-corrected chi connectivity index (χ0v) is 18.4. The Kier molecular flexibility index (Phi) is 8.99. The monoisotopic (exact) mass is 400 g/mol. The van der Waals surface area contributed by atoms with Gasteiger partial charge in [-0.05, 0) is 52.6 Å². The summed E-state index contributed by atoms with van der Waals surface area (Å²) < 4.78 is 11.5. The van der Waals surface area contributed by atoms with E-state index in [2.05, 4.69) is 58.9 Å². The molecule has 0 saturated carbocycles. The zero-order chi connectivity index (χ0) is 21.4. The number of rotatable bonds is 11.